The number of carbonyl (C=O) groups is 2. The van der Waals surface area contributed by atoms with Gasteiger partial charge in [0.15, 0.2) is 17.8 Å². The van der Waals surface area contributed by atoms with Crippen molar-refractivity contribution >= 4 is 24.2 Å². The first-order valence-corrected chi connectivity index (χ1v) is 7.69. The van der Waals surface area contributed by atoms with Gasteiger partial charge in [0, 0.05) is 5.56 Å². The monoisotopic (exact) mass is 352 g/mol. The highest BCUT2D eigenvalue weighted by Gasteiger charge is 2.09. The second-order valence-corrected chi connectivity index (χ2v) is 4.86. The molecule has 2 aromatic carbocycles. The lowest BCUT2D eigenvalue weighted by Crippen LogP contribution is -2.01. The number of rotatable bonds is 6. The maximum atomic E-state index is 12.5. The van der Waals surface area contributed by atoms with E-state index in [1.54, 1.807) is 18.2 Å². The number of hydrogen-bond acceptors (Lipinski definition) is 4. The van der Waals surface area contributed by atoms with Crippen molar-refractivity contribution in [2.75, 3.05) is 13.2 Å². The summed E-state index contributed by atoms with van der Waals surface area (Å²) in [4.78, 5) is 20.8. The molecule has 0 aliphatic carbocycles. The predicted molar refractivity (Wildman–Crippen MR) is 91.0 cm³/mol. The van der Waals surface area contributed by atoms with Gasteiger partial charge in [-0.05, 0) is 38.1 Å². The summed E-state index contributed by atoms with van der Waals surface area (Å²) in [5.74, 6) is 0.595. The molecule has 0 amide bonds. The van der Waals surface area contributed by atoms with E-state index in [0.717, 1.165) is 12.4 Å². The van der Waals surface area contributed by atoms with Crippen LogP contribution < -0.4 is 9.47 Å². The fourth-order valence-corrected chi connectivity index (χ4v) is 1.90. The molecular weight excluding hydrogens is 335 g/mol. The number of halogens is 2. The van der Waals surface area contributed by atoms with E-state index in [2.05, 4.69) is 0 Å². The second kappa shape index (κ2) is 10.4. The van der Waals surface area contributed by atoms with Crippen molar-refractivity contribution in [3.63, 3.8) is 0 Å². The zero-order valence-corrected chi connectivity index (χ0v) is 14.2. The number of carbonyl (C=O) groups excluding carboxylic acids is 2. The molecule has 0 N–H and O–H groups in total. The minimum absolute atomic E-state index is 0.0330. The Morgan fingerprint density at radius 2 is 1.75 bits per heavy atom. The molecule has 128 valence electrons. The van der Waals surface area contributed by atoms with Crippen LogP contribution in [0.15, 0.2) is 36.4 Å². The quantitative estimate of drug-likeness (QED) is 0.713. The predicted octanol–water partition coefficient (Wildman–Crippen LogP) is 4.59. The summed E-state index contributed by atoms with van der Waals surface area (Å²) >= 11 is 5.35. The number of hydrogen-bond donors (Lipinski definition) is 0. The third-order valence-electron chi connectivity index (χ3n) is 2.80. The van der Waals surface area contributed by atoms with Gasteiger partial charge in [0.05, 0.1) is 23.8 Å². The number of ether oxygens (including phenoxy) is 2. The second-order valence-electron chi connectivity index (χ2n) is 4.45. The van der Waals surface area contributed by atoms with Gasteiger partial charge in [-0.1, -0.05) is 23.7 Å². The molecule has 4 nitrogen and oxygen atoms in total. The Morgan fingerprint density at radius 3 is 2.29 bits per heavy atom. The Kier molecular flexibility index (Phi) is 8.50. The van der Waals surface area contributed by atoms with Crippen LogP contribution in [0.1, 0.15) is 34.6 Å². The topological polar surface area (TPSA) is 52.6 Å². The Bertz CT molecular complexity index is 689. The molecule has 0 saturated heterocycles. The lowest BCUT2D eigenvalue weighted by Gasteiger charge is -2.11. The molecule has 0 fully saturated rings. The molecule has 0 aromatic heterocycles. The lowest BCUT2D eigenvalue weighted by molar-refractivity contribution is 0.111. The van der Waals surface area contributed by atoms with Crippen LogP contribution in [-0.2, 0) is 0 Å². The molecule has 2 rings (SSSR count). The summed E-state index contributed by atoms with van der Waals surface area (Å²) in [5, 5.41) is 0.0330. The highest BCUT2D eigenvalue weighted by Crippen LogP contribution is 2.30. The zero-order chi connectivity index (χ0) is 17.9. The third-order valence-corrected chi connectivity index (χ3v) is 3.11. The van der Waals surface area contributed by atoms with E-state index in [0.29, 0.717) is 42.1 Å². The molecule has 0 bridgehead atoms. The van der Waals surface area contributed by atoms with Gasteiger partial charge in [-0.15, -0.1) is 0 Å². The van der Waals surface area contributed by atoms with Gasteiger partial charge in [-0.25, -0.2) is 4.39 Å². The molecule has 2 aromatic rings. The van der Waals surface area contributed by atoms with Crippen molar-refractivity contribution in [2.45, 2.75) is 13.8 Å². The maximum absolute atomic E-state index is 12.5. The van der Waals surface area contributed by atoms with E-state index in [4.69, 9.17) is 21.1 Å². The normalized spacial score (nSPS) is 9.50. The first-order valence-electron chi connectivity index (χ1n) is 7.31. The molecule has 0 aliphatic rings. The Balaban J connectivity index is 0.000000254. The van der Waals surface area contributed by atoms with E-state index in [1.807, 2.05) is 13.8 Å². The summed E-state index contributed by atoms with van der Waals surface area (Å²) in [6.45, 7) is 4.84. The highest BCUT2D eigenvalue weighted by molar-refractivity contribution is 6.30. The first kappa shape index (κ1) is 19.6. The van der Waals surface area contributed by atoms with Crippen molar-refractivity contribution in [2.24, 2.45) is 0 Å². The van der Waals surface area contributed by atoms with Gasteiger partial charge in [-0.3, -0.25) is 9.59 Å². The van der Waals surface area contributed by atoms with Gasteiger partial charge in [0.25, 0.3) is 0 Å². The Morgan fingerprint density at radius 1 is 1.04 bits per heavy atom. The zero-order valence-electron chi connectivity index (χ0n) is 13.4. The minimum atomic E-state index is -0.564. The Labute approximate surface area is 145 Å². The molecule has 0 saturated carbocycles. The summed E-state index contributed by atoms with van der Waals surface area (Å²) in [6, 6.07) is 9.17. The van der Waals surface area contributed by atoms with Crippen LogP contribution in [0.25, 0.3) is 0 Å². The standard InChI is InChI=1S/C11H14O3.C7H4ClFO/c1-3-13-10-7-5-6-9(8-12)11(10)14-4-2;8-6-2-1-5(4-10)3-7(6)9/h5-8H,3-4H2,1-2H3;1-4H. The van der Waals surface area contributed by atoms with Gasteiger partial charge in [0.1, 0.15) is 12.1 Å². The summed E-state index contributed by atoms with van der Waals surface area (Å²) in [6.07, 6.45) is 1.34. The van der Waals surface area contributed by atoms with Gasteiger partial charge >= 0.3 is 0 Å². The van der Waals surface area contributed by atoms with E-state index < -0.39 is 5.82 Å². The number of benzene rings is 2. The largest absolute Gasteiger partial charge is 0.490 e. The van der Waals surface area contributed by atoms with E-state index in [-0.39, 0.29) is 5.02 Å². The smallest absolute Gasteiger partial charge is 0.171 e. The third kappa shape index (κ3) is 5.66. The molecular formula is C18H18ClFO4. The minimum Gasteiger partial charge on any atom is -0.490 e. The lowest BCUT2D eigenvalue weighted by atomic mass is 10.2. The molecule has 0 spiro atoms. The van der Waals surface area contributed by atoms with Crippen molar-refractivity contribution in [3.8, 4) is 11.5 Å². The molecule has 0 atom stereocenters. The van der Waals surface area contributed by atoms with Crippen LogP contribution in [-0.4, -0.2) is 25.8 Å². The van der Waals surface area contributed by atoms with Crippen LogP contribution in [0, 0.1) is 5.82 Å². The average molecular weight is 353 g/mol. The summed E-state index contributed by atoms with van der Waals surface area (Å²) in [7, 11) is 0. The van der Waals surface area contributed by atoms with E-state index >= 15 is 0 Å². The van der Waals surface area contributed by atoms with Crippen molar-refractivity contribution in [3.05, 3.63) is 58.4 Å². The van der Waals surface area contributed by atoms with Crippen LogP contribution in [0.3, 0.4) is 0 Å². The molecule has 24 heavy (non-hydrogen) atoms. The van der Waals surface area contributed by atoms with Crippen molar-refractivity contribution in [1.29, 1.82) is 0 Å². The molecule has 0 unspecified atom stereocenters. The molecule has 0 radical (unpaired) electrons. The molecule has 6 heteroatoms. The summed E-state index contributed by atoms with van der Waals surface area (Å²) in [5.41, 5.74) is 0.819. The van der Waals surface area contributed by atoms with Crippen molar-refractivity contribution < 1.29 is 23.5 Å². The van der Waals surface area contributed by atoms with Gasteiger partial charge in [-0.2, -0.15) is 0 Å². The fraction of sp³-hybridized carbons (Fsp3) is 0.222. The fourth-order valence-electron chi connectivity index (χ4n) is 1.78. The van der Waals surface area contributed by atoms with Gasteiger partial charge in [0.2, 0.25) is 0 Å². The van der Waals surface area contributed by atoms with Crippen molar-refractivity contribution in [1.82, 2.24) is 0 Å². The van der Waals surface area contributed by atoms with Crippen LogP contribution >= 0.6 is 11.6 Å². The average Bonchev–Trinajstić information content (AvgIpc) is 2.60. The maximum Gasteiger partial charge on any atom is 0.171 e. The van der Waals surface area contributed by atoms with E-state index in [1.165, 1.54) is 12.1 Å². The number of para-hydroxylation sites is 1. The molecule has 0 heterocycles. The Hall–Kier alpha value is -2.40. The van der Waals surface area contributed by atoms with Crippen LogP contribution in [0.2, 0.25) is 5.02 Å². The highest BCUT2D eigenvalue weighted by atomic mass is 35.5. The van der Waals surface area contributed by atoms with Crippen LogP contribution in [0.4, 0.5) is 4.39 Å². The van der Waals surface area contributed by atoms with Crippen LogP contribution in [0.5, 0.6) is 11.5 Å². The van der Waals surface area contributed by atoms with Gasteiger partial charge < -0.3 is 9.47 Å². The SMILES string of the molecule is CCOc1cccc(C=O)c1OCC.O=Cc1ccc(Cl)c(F)c1. The molecule has 0 aliphatic heterocycles. The summed E-state index contributed by atoms with van der Waals surface area (Å²) < 4.78 is 23.2. The number of aldehydes is 2. The first-order chi connectivity index (χ1) is 11.6. The van der Waals surface area contributed by atoms with E-state index in [9.17, 15) is 14.0 Å².